The Morgan fingerprint density at radius 2 is 2.05 bits per heavy atom. The lowest BCUT2D eigenvalue weighted by Gasteiger charge is -2.29. The van der Waals surface area contributed by atoms with Crippen molar-refractivity contribution in [2.24, 2.45) is 17.8 Å². The molecular formula is C29H40N3O6S+. The van der Waals surface area contributed by atoms with Crippen LogP contribution in [0.1, 0.15) is 46.5 Å². The second-order valence-corrected chi connectivity index (χ2v) is 12.4. The minimum atomic E-state index is -1.26. The molecule has 3 N–H and O–H groups in total. The number of allylic oxidation sites excluding steroid dienone is 6. The molecule has 0 bridgehead atoms. The first-order valence-corrected chi connectivity index (χ1v) is 14.6. The van der Waals surface area contributed by atoms with Gasteiger partial charge in [0.2, 0.25) is 11.9 Å². The van der Waals surface area contributed by atoms with Gasteiger partial charge in [0.15, 0.2) is 0 Å². The van der Waals surface area contributed by atoms with E-state index in [4.69, 9.17) is 4.74 Å². The van der Waals surface area contributed by atoms with Crippen molar-refractivity contribution in [1.82, 2.24) is 10.2 Å². The summed E-state index contributed by atoms with van der Waals surface area (Å²) in [5.74, 6) is -0.332. The first-order valence-electron chi connectivity index (χ1n) is 13.7. The molecule has 7 unspecified atom stereocenters. The molecule has 1 fully saturated rings. The minimum Gasteiger partial charge on any atom is -0.501 e. The molecule has 0 saturated carbocycles. The van der Waals surface area contributed by atoms with Crippen LogP contribution >= 0.6 is 11.8 Å². The fraction of sp³-hybridized carbons (Fsp3) is 0.586. The van der Waals surface area contributed by atoms with Crippen molar-refractivity contribution >= 4 is 23.6 Å². The lowest BCUT2D eigenvalue weighted by Crippen LogP contribution is -2.45. The second-order valence-electron chi connectivity index (χ2n) is 11.1. The third-order valence-electron chi connectivity index (χ3n) is 7.94. The van der Waals surface area contributed by atoms with Crippen LogP contribution in [0.5, 0.6) is 0 Å². The summed E-state index contributed by atoms with van der Waals surface area (Å²) in [5.41, 5.74) is 0.558. The molecule has 1 amide bonds. The number of hydrogen-bond donors (Lipinski definition) is 3. The lowest BCUT2D eigenvalue weighted by molar-refractivity contribution is -0.532. The quantitative estimate of drug-likeness (QED) is 0.347. The normalized spacial score (nSPS) is 31.8. The third kappa shape index (κ3) is 6.73. The molecule has 0 aromatic heterocycles. The van der Waals surface area contributed by atoms with Crippen LogP contribution in [0.25, 0.3) is 0 Å². The van der Waals surface area contributed by atoms with Crippen molar-refractivity contribution in [2.75, 3.05) is 20.2 Å². The van der Waals surface area contributed by atoms with Crippen LogP contribution in [-0.4, -0.2) is 75.4 Å². The van der Waals surface area contributed by atoms with E-state index in [1.807, 2.05) is 25.2 Å². The van der Waals surface area contributed by atoms with E-state index in [0.717, 1.165) is 24.3 Å². The van der Waals surface area contributed by atoms with Gasteiger partial charge >= 0.3 is 11.7 Å². The van der Waals surface area contributed by atoms with Gasteiger partial charge in [0.25, 0.3) is 0 Å². The van der Waals surface area contributed by atoms with Crippen molar-refractivity contribution in [3.8, 4) is 0 Å². The van der Waals surface area contributed by atoms with E-state index in [2.05, 4.69) is 35.4 Å². The Morgan fingerprint density at radius 3 is 2.72 bits per heavy atom. The van der Waals surface area contributed by atoms with Gasteiger partial charge in [-0.2, -0.15) is 0 Å². The fourth-order valence-electron chi connectivity index (χ4n) is 5.97. The third-order valence-corrected chi connectivity index (χ3v) is 9.43. The van der Waals surface area contributed by atoms with E-state index in [0.29, 0.717) is 35.1 Å². The number of aliphatic hydroxyl groups is 1. The Morgan fingerprint density at radius 1 is 1.28 bits per heavy atom. The lowest BCUT2D eigenvalue weighted by atomic mass is 9.97. The molecule has 212 valence electrons. The maximum atomic E-state index is 13.6. The molecule has 0 radical (unpaired) electrons. The number of nitrogens with one attached hydrogen (secondary N) is 1. The molecule has 9 nitrogen and oxygen atoms in total. The fourth-order valence-corrected chi connectivity index (χ4v) is 7.53. The first-order chi connectivity index (χ1) is 18.6. The Labute approximate surface area is 234 Å². The number of carbonyl (C=O) groups excluding carboxylic acids is 1. The Kier molecular flexibility index (Phi) is 9.51. The number of amides is 1. The number of hydrogen-bond acceptors (Lipinski definition) is 7. The molecule has 2 aliphatic heterocycles. The summed E-state index contributed by atoms with van der Waals surface area (Å²) in [6, 6.07) is -1.04. The van der Waals surface area contributed by atoms with Crippen molar-refractivity contribution < 1.29 is 29.3 Å². The van der Waals surface area contributed by atoms with Crippen LogP contribution in [0.2, 0.25) is 0 Å². The molecule has 39 heavy (non-hydrogen) atoms. The molecule has 1 saturated heterocycles. The number of likely N-dealkylation sites (tertiary alicyclic amines) is 1. The predicted octanol–water partition coefficient (Wildman–Crippen LogP) is 3.73. The van der Waals surface area contributed by atoms with E-state index < -0.39 is 24.2 Å². The monoisotopic (exact) mass is 558 g/mol. The summed E-state index contributed by atoms with van der Waals surface area (Å²) in [5, 5.41) is 22.8. The van der Waals surface area contributed by atoms with Gasteiger partial charge < -0.3 is 20.3 Å². The van der Waals surface area contributed by atoms with Gasteiger partial charge in [0.1, 0.15) is 5.76 Å². The number of carboxylic acids is 1. The summed E-state index contributed by atoms with van der Waals surface area (Å²) < 4.78 is 6.17. The van der Waals surface area contributed by atoms with Crippen LogP contribution in [0.15, 0.2) is 58.5 Å². The van der Waals surface area contributed by atoms with Gasteiger partial charge in [-0.3, -0.25) is 9.69 Å². The van der Waals surface area contributed by atoms with E-state index in [1.165, 1.54) is 11.8 Å². The maximum absolute atomic E-state index is 13.6. The van der Waals surface area contributed by atoms with Crippen LogP contribution in [-0.2, 0) is 14.3 Å². The Balaban J connectivity index is 1.55. The highest BCUT2D eigenvalue weighted by atomic mass is 32.2. The van der Waals surface area contributed by atoms with E-state index in [9.17, 15) is 24.7 Å². The highest BCUT2D eigenvalue weighted by Gasteiger charge is 2.52. The van der Waals surface area contributed by atoms with E-state index in [1.54, 1.807) is 14.0 Å². The van der Waals surface area contributed by atoms with Gasteiger partial charge in [-0.15, -0.1) is 11.8 Å². The van der Waals surface area contributed by atoms with Gasteiger partial charge in [-0.1, -0.05) is 38.2 Å². The number of nitroso groups, excluding NO2 is 1. The summed E-state index contributed by atoms with van der Waals surface area (Å²) in [6.45, 7) is 6.77. The number of aliphatic carboxylic acids is 1. The first kappa shape index (κ1) is 29.3. The molecule has 0 aromatic rings. The predicted molar refractivity (Wildman–Crippen MR) is 150 cm³/mol. The van der Waals surface area contributed by atoms with Gasteiger partial charge in [0.05, 0.1) is 30.1 Å². The van der Waals surface area contributed by atoms with Crippen molar-refractivity contribution in [3.63, 3.8) is 0 Å². The number of thioether (sulfide) groups is 1. The number of rotatable bonds is 10. The highest BCUT2D eigenvalue weighted by Crippen LogP contribution is 2.44. The molecule has 4 rings (SSSR count). The summed E-state index contributed by atoms with van der Waals surface area (Å²) in [7, 11) is 1.66. The standard InChI is InChI=1S/C29H39N3O6S/c1-17-8-7-10-21(12-17)30-28(34)24-14-22(16-31(24)15-20-9-5-6-11-25(20)38-4)39-27-19(3)23(13-18(2)33)32(37)26(27)29(35)36/h5-7,10-12,17-20,22-24,33H,8-9,13-16H2,1-4H3,(H-,30,34,35,36)/p+1. The molecule has 2 heterocycles. The molecular weight excluding hydrogens is 518 g/mol. The maximum Gasteiger partial charge on any atom is 0.406 e. The number of nitrogens with zero attached hydrogens (tertiary/aromatic N) is 2. The van der Waals surface area contributed by atoms with E-state index in [-0.39, 0.29) is 35.1 Å². The van der Waals surface area contributed by atoms with E-state index >= 15 is 0 Å². The second kappa shape index (κ2) is 12.7. The van der Waals surface area contributed by atoms with Crippen LogP contribution in [0.3, 0.4) is 0 Å². The molecule has 10 heteroatoms. The van der Waals surface area contributed by atoms with Crippen molar-refractivity contribution in [3.05, 3.63) is 63.4 Å². The zero-order chi connectivity index (χ0) is 28.3. The van der Waals surface area contributed by atoms with Gasteiger partial charge in [0, 0.05) is 46.0 Å². The topological polar surface area (TPSA) is 119 Å². The Hall–Kier alpha value is -2.69. The van der Waals surface area contributed by atoms with Crippen molar-refractivity contribution in [1.29, 1.82) is 0 Å². The molecule has 4 aliphatic rings. The van der Waals surface area contributed by atoms with Crippen molar-refractivity contribution in [2.45, 2.75) is 69.9 Å². The van der Waals surface area contributed by atoms with Crippen LogP contribution in [0.4, 0.5) is 0 Å². The molecule has 2 aliphatic carbocycles. The summed E-state index contributed by atoms with van der Waals surface area (Å²) in [6.07, 6.45) is 13.9. The smallest absolute Gasteiger partial charge is 0.406 e. The molecule has 0 spiro atoms. The average Bonchev–Trinajstić information content (AvgIpc) is 3.38. The highest BCUT2D eigenvalue weighted by molar-refractivity contribution is 8.03. The Bertz CT molecular complexity index is 1140. The van der Waals surface area contributed by atoms with Crippen LogP contribution in [0, 0.1) is 22.7 Å². The number of aliphatic hydroxyl groups excluding tert-OH is 1. The minimum absolute atomic E-state index is 0.0739. The SMILES string of the molecule is COC1=CC=CCC1CN1CC(SC2=C(C(=O)O)[N+](=O)C(CC(C)O)C2C)CC1C(=O)NC1=CC(C)CC=C1. The van der Waals surface area contributed by atoms with Gasteiger partial charge in [-0.25, -0.2) is 4.79 Å². The molecule has 7 atom stereocenters. The number of carbonyl (C=O) groups is 2. The zero-order valence-electron chi connectivity index (χ0n) is 23.1. The van der Waals surface area contributed by atoms with Crippen LogP contribution < -0.4 is 5.32 Å². The summed E-state index contributed by atoms with van der Waals surface area (Å²) in [4.78, 5) is 41.3. The number of carboxylic acid groups (broad SMARTS) is 1. The average molecular weight is 559 g/mol. The molecule has 0 aromatic carbocycles. The zero-order valence-corrected chi connectivity index (χ0v) is 23.9. The largest absolute Gasteiger partial charge is 0.501 e. The van der Waals surface area contributed by atoms with Gasteiger partial charge in [-0.05, 0) is 44.3 Å². The number of ether oxygens (including phenoxy) is 1. The number of methoxy groups -OCH3 is 1. The summed E-state index contributed by atoms with van der Waals surface area (Å²) >= 11 is 1.40.